The molecule has 2 aromatic carbocycles. The first kappa shape index (κ1) is 22.4. The van der Waals surface area contributed by atoms with Crippen LogP contribution in [0.3, 0.4) is 0 Å². The first-order valence-electron chi connectivity index (χ1n) is 9.83. The van der Waals surface area contributed by atoms with Gasteiger partial charge in [0, 0.05) is 27.7 Å². The molecule has 32 heavy (non-hydrogen) atoms. The van der Waals surface area contributed by atoms with Gasteiger partial charge in [-0.2, -0.15) is 0 Å². The zero-order chi connectivity index (χ0) is 22.5. The topological polar surface area (TPSA) is 69.0 Å². The van der Waals surface area contributed by atoms with Crippen LogP contribution in [0.5, 0.6) is 5.75 Å². The second-order valence-corrected chi connectivity index (χ2v) is 9.40. The van der Waals surface area contributed by atoms with Crippen LogP contribution in [-0.2, 0) is 11.2 Å². The Morgan fingerprint density at radius 1 is 1.19 bits per heavy atom. The lowest BCUT2D eigenvalue weighted by Crippen LogP contribution is -2.15. The normalized spacial score (nSPS) is 10.8. The third kappa shape index (κ3) is 5.32. The van der Waals surface area contributed by atoms with Crippen LogP contribution in [0.15, 0.2) is 65.1 Å². The zero-order valence-corrected chi connectivity index (χ0v) is 19.9. The molecule has 1 amide bonds. The van der Waals surface area contributed by atoms with Crippen LogP contribution in [-0.4, -0.2) is 33.5 Å². The number of hydrogen-bond donors (Lipinski definition) is 1. The maximum absolute atomic E-state index is 12.6. The van der Waals surface area contributed by atoms with E-state index in [1.165, 1.54) is 16.6 Å². The molecule has 0 saturated carbocycles. The second-order valence-electron chi connectivity index (χ2n) is 6.98. The van der Waals surface area contributed by atoms with Crippen molar-refractivity contribution in [3.05, 3.63) is 81.3 Å². The number of amides is 1. The summed E-state index contributed by atoms with van der Waals surface area (Å²) in [5.41, 5.74) is 2.57. The van der Waals surface area contributed by atoms with E-state index >= 15 is 0 Å². The summed E-state index contributed by atoms with van der Waals surface area (Å²) < 4.78 is 7.27. The van der Waals surface area contributed by atoms with Crippen LogP contribution in [0.25, 0.3) is 5.69 Å². The molecule has 0 fully saturated rings. The molecular weight excluding hydrogens is 464 g/mol. The van der Waals surface area contributed by atoms with Gasteiger partial charge in [-0.3, -0.25) is 9.36 Å². The highest BCUT2D eigenvalue weighted by Crippen LogP contribution is 2.26. The Morgan fingerprint density at radius 2 is 2.00 bits per heavy atom. The summed E-state index contributed by atoms with van der Waals surface area (Å²) >= 11 is 9.02. The number of methoxy groups -OCH3 is 1. The van der Waals surface area contributed by atoms with Gasteiger partial charge in [-0.25, -0.2) is 0 Å². The lowest BCUT2D eigenvalue weighted by molar-refractivity contribution is -0.113. The molecule has 1 N–H and O–H groups in total. The van der Waals surface area contributed by atoms with Crippen LogP contribution in [0.4, 0.5) is 5.69 Å². The maximum Gasteiger partial charge on any atom is 0.234 e. The van der Waals surface area contributed by atoms with E-state index in [2.05, 4.69) is 21.6 Å². The standard InChI is InChI=1S/C23H21ClN4O2S2/c1-15-12-16(24)5-10-20(15)25-22(29)14-32-23-27-26-21(13-19-4-3-11-31-19)28(23)17-6-8-18(30-2)9-7-17/h3-12H,13-14H2,1-2H3,(H,25,29). The van der Waals surface area contributed by atoms with Gasteiger partial charge in [-0.1, -0.05) is 29.4 Å². The Balaban J connectivity index is 1.54. The molecule has 0 unspecified atom stereocenters. The van der Waals surface area contributed by atoms with E-state index in [0.29, 0.717) is 16.6 Å². The largest absolute Gasteiger partial charge is 0.497 e. The highest BCUT2D eigenvalue weighted by molar-refractivity contribution is 7.99. The van der Waals surface area contributed by atoms with E-state index in [1.807, 2.05) is 53.3 Å². The van der Waals surface area contributed by atoms with Gasteiger partial charge in [0.1, 0.15) is 11.6 Å². The first-order valence-corrected chi connectivity index (χ1v) is 12.1. The molecule has 0 radical (unpaired) electrons. The maximum atomic E-state index is 12.6. The molecule has 2 aromatic heterocycles. The molecule has 6 nitrogen and oxygen atoms in total. The van der Waals surface area contributed by atoms with Gasteiger partial charge in [-0.05, 0) is 66.4 Å². The SMILES string of the molecule is COc1ccc(-n2c(Cc3cccs3)nnc2SCC(=O)Nc2ccc(Cl)cc2C)cc1. The summed E-state index contributed by atoms with van der Waals surface area (Å²) in [5, 5.41) is 15.1. The Kier molecular flexibility index (Phi) is 7.14. The van der Waals surface area contributed by atoms with Crippen LogP contribution in [0, 0.1) is 6.92 Å². The fourth-order valence-corrected chi connectivity index (χ4v) is 4.85. The van der Waals surface area contributed by atoms with Crippen molar-refractivity contribution in [2.24, 2.45) is 0 Å². The summed E-state index contributed by atoms with van der Waals surface area (Å²) in [7, 11) is 1.64. The molecule has 0 aliphatic carbocycles. The molecule has 9 heteroatoms. The molecule has 0 atom stereocenters. The van der Waals surface area contributed by atoms with E-state index in [-0.39, 0.29) is 11.7 Å². The van der Waals surface area contributed by atoms with Gasteiger partial charge in [0.05, 0.1) is 12.9 Å². The van der Waals surface area contributed by atoms with Crippen molar-refractivity contribution in [1.29, 1.82) is 0 Å². The quantitative estimate of drug-likeness (QED) is 0.329. The highest BCUT2D eigenvalue weighted by Gasteiger charge is 2.17. The van der Waals surface area contributed by atoms with Gasteiger partial charge in [-0.15, -0.1) is 21.5 Å². The Morgan fingerprint density at radius 3 is 2.69 bits per heavy atom. The van der Waals surface area contributed by atoms with E-state index in [9.17, 15) is 4.79 Å². The number of thioether (sulfide) groups is 1. The van der Waals surface area contributed by atoms with Crippen LogP contribution in [0.2, 0.25) is 5.02 Å². The second kappa shape index (κ2) is 10.2. The minimum Gasteiger partial charge on any atom is -0.497 e. The lowest BCUT2D eigenvalue weighted by atomic mass is 10.2. The number of thiophene rings is 1. The monoisotopic (exact) mass is 484 g/mol. The summed E-state index contributed by atoms with van der Waals surface area (Å²) in [6.45, 7) is 1.91. The summed E-state index contributed by atoms with van der Waals surface area (Å²) in [6.07, 6.45) is 0.660. The zero-order valence-electron chi connectivity index (χ0n) is 17.5. The summed E-state index contributed by atoms with van der Waals surface area (Å²) in [4.78, 5) is 13.8. The minimum atomic E-state index is -0.121. The number of hydrogen-bond acceptors (Lipinski definition) is 6. The molecule has 0 saturated heterocycles. The average Bonchev–Trinajstić information content (AvgIpc) is 3.45. The predicted octanol–water partition coefficient (Wildman–Crippen LogP) is 5.62. The Labute approximate surface area is 199 Å². The van der Waals surface area contributed by atoms with Gasteiger partial charge in [0.25, 0.3) is 0 Å². The summed E-state index contributed by atoms with van der Waals surface area (Å²) in [6, 6.07) is 17.2. The fraction of sp³-hybridized carbons (Fsp3) is 0.174. The molecule has 4 aromatic rings. The molecule has 4 rings (SSSR count). The van der Waals surface area contributed by atoms with Crippen LogP contribution < -0.4 is 10.1 Å². The van der Waals surface area contributed by atoms with E-state index in [4.69, 9.17) is 16.3 Å². The van der Waals surface area contributed by atoms with Gasteiger partial charge in [0.15, 0.2) is 5.16 Å². The molecule has 2 heterocycles. The van der Waals surface area contributed by atoms with Crippen molar-refractivity contribution in [2.75, 3.05) is 18.2 Å². The van der Waals surface area contributed by atoms with Crippen molar-refractivity contribution in [1.82, 2.24) is 14.8 Å². The van der Waals surface area contributed by atoms with E-state index in [1.54, 1.807) is 30.6 Å². The number of carbonyl (C=O) groups excluding carboxylic acids is 1. The van der Waals surface area contributed by atoms with E-state index < -0.39 is 0 Å². The molecule has 0 bridgehead atoms. The number of benzene rings is 2. The number of halogens is 1. The van der Waals surface area contributed by atoms with E-state index in [0.717, 1.165) is 28.5 Å². The summed E-state index contributed by atoms with van der Waals surface area (Å²) in [5.74, 6) is 1.67. The Hall–Kier alpha value is -2.81. The van der Waals surface area contributed by atoms with Crippen LogP contribution in [0.1, 0.15) is 16.3 Å². The molecule has 0 spiro atoms. The number of anilines is 1. The Bertz CT molecular complexity index is 1210. The predicted molar refractivity (Wildman–Crippen MR) is 131 cm³/mol. The van der Waals surface area contributed by atoms with Crippen molar-refractivity contribution >= 4 is 46.3 Å². The number of nitrogens with one attached hydrogen (secondary N) is 1. The number of aromatic nitrogens is 3. The van der Waals surface area contributed by atoms with Crippen molar-refractivity contribution < 1.29 is 9.53 Å². The van der Waals surface area contributed by atoms with Crippen LogP contribution >= 0.6 is 34.7 Å². The van der Waals surface area contributed by atoms with Gasteiger partial charge >= 0.3 is 0 Å². The van der Waals surface area contributed by atoms with Crippen molar-refractivity contribution in [3.8, 4) is 11.4 Å². The number of ether oxygens (including phenoxy) is 1. The number of aryl methyl sites for hydroxylation is 1. The molecule has 164 valence electrons. The molecule has 0 aliphatic rings. The molecule has 0 aliphatic heterocycles. The average molecular weight is 485 g/mol. The van der Waals surface area contributed by atoms with Gasteiger partial charge < -0.3 is 10.1 Å². The highest BCUT2D eigenvalue weighted by atomic mass is 35.5. The van der Waals surface area contributed by atoms with Crippen molar-refractivity contribution in [2.45, 2.75) is 18.5 Å². The first-order chi connectivity index (χ1) is 15.5. The number of nitrogens with zero attached hydrogens (tertiary/aromatic N) is 3. The number of rotatable bonds is 8. The fourth-order valence-electron chi connectivity index (χ4n) is 3.15. The molecular formula is C23H21ClN4O2S2. The lowest BCUT2D eigenvalue weighted by Gasteiger charge is -2.11. The van der Waals surface area contributed by atoms with Gasteiger partial charge in [0.2, 0.25) is 5.91 Å². The van der Waals surface area contributed by atoms with Crippen molar-refractivity contribution in [3.63, 3.8) is 0 Å². The smallest absolute Gasteiger partial charge is 0.234 e. The minimum absolute atomic E-state index is 0.121. The third-order valence-electron chi connectivity index (χ3n) is 4.74. The number of carbonyl (C=O) groups is 1. The third-order valence-corrected chi connectivity index (χ3v) is 6.78.